The van der Waals surface area contributed by atoms with Gasteiger partial charge in [0.25, 0.3) is 0 Å². The molecule has 0 unspecified atom stereocenters. The first-order valence-corrected chi connectivity index (χ1v) is 7.61. The second kappa shape index (κ2) is 6.42. The van der Waals surface area contributed by atoms with E-state index < -0.39 is 0 Å². The highest BCUT2D eigenvalue weighted by atomic mass is 35.5. The summed E-state index contributed by atoms with van der Waals surface area (Å²) < 4.78 is 0. The molecule has 1 aliphatic rings. The van der Waals surface area contributed by atoms with Gasteiger partial charge in [-0.15, -0.1) is 0 Å². The number of halogens is 2. The molecule has 0 spiro atoms. The van der Waals surface area contributed by atoms with E-state index >= 15 is 0 Å². The van der Waals surface area contributed by atoms with Crippen LogP contribution < -0.4 is 0 Å². The molecule has 0 atom stereocenters. The maximum absolute atomic E-state index is 5.97. The van der Waals surface area contributed by atoms with E-state index in [1.165, 1.54) is 0 Å². The van der Waals surface area contributed by atoms with Crippen LogP contribution in [0.1, 0.15) is 17.5 Å². The van der Waals surface area contributed by atoms with Crippen molar-refractivity contribution >= 4 is 34.6 Å². The van der Waals surface area contributed by atoms with Crippen LogP contribution in [0.4, 0.5) is 0 Å². The summed E-state index contributed by atoms with van der Waals surface area (Å²) in [6, 6.07) is 15.5. The highest BCUT2D eigenvalue weighted by Crippen LogP contribution is 2.17. The zero-order valence-corrected chi connectivity index (χ0v) is 12.9. The van der Waals surface area contributed by atoms with Crippen LogP contribution in [0.2, 0.25) is 10.0 Å². The van der Waals surface area contributed by atoms with Crippen LogP contribution in [0.3, 0.4) is 0 Å². The lowest BCUT2D eigenvalue weighted by Crippen LogP contribution is -2.17. The average molecular weight is 317 g/mol. The quantitative estimate of drug-likeness (QED) is 0.768. The summed E-state index contributed by atoms with van der Waals surface area (Å²) >= 11 is 11.9. The van der Waals surface area contributed by atoms with Crippen molar-refractivity contribution in [1.82, 2.24) is 0 Å². The van der Waals surface area contributed by atoms with E-state index in [0.29, 0.717) is 0 Å². The van der Waals surface area contributed by atoms with Crippen LogP contribution in [-0.2, 0) is 0 Å². The van der Waals surface area contributed by atoms with E-state index in [1.54, 1.807) is 0 Å². The highest BCUT2D eigenvalue weighted by molar-refractivity contribution is 6.53. The molecular weight excluding hydrogens is 303 g/mol. The molecule has 0 radical (unpaired) electrons. The minimum Gasteiger partial charge on any atom is -0.282 e. The van der Waals surface area contributed by atoms with Gasteiger partial charge in [-0.25, -0.2) is 0 Å². The third kappa shape index (κ3) is 3.34. The average Bonchev–Trinajstić information content (AvgIpc) is 2.75. The predicted molar refractivity (Wildman–Crippen MR) is 90.3 cm³/mol. The molecule has 1 aliphatic heterocycles. The molecule has 0 aliphatic carbocycles. The Morgan fingerprint density at radius 3 is 1.38 bits per heavy atom. The zero-order valence-electron chi connectivity index (χ0n) is 11.4. The SMILES string of the molecule is Clc1ccc(C2=NCCCN=C2c2ccc(Cl)cc2)cc1. The van der Waals surface area contributed by atoms with Gasteiger partial charge in [0.15, 0.2) is 0 Å². The maximum Gasteiger partial charge on any atom is 0.0904 e. The summed E-state index contributed by atoms with van der Waals surface area (Å²) in [5.41, 5.74) is 3.92. The lowest BCUT2D eigenvalue weighted by atomic mass is 9.99. The lowest BCUT2D eigenvalue weighted by molar-refractivity contribution is 0.857. The van der Waals surface area contributed by atoms with Crippen molar-refractivity contribution in [2.24, 2.45) is 9.98 Å². The first-order valence-electron chi connectivity index (χ1n) is 6.85. The number of hydrogen-bond donors (Lipinski definition) is 0. The molecule has 1 heterocycles. The Morgan fingerprint density at radius 1 is 0.619 bits per heavy atom. The number of rotatable bonds is 2. The largest absolute Gasteiger partial charge is 0.282 e. The Labute approximate surface area is 134 Å². The molecule has 0 aromatic heterocycles. The Kier molecular flexibility index (Phi) is 4.37. The van der Waals surface area contributed by atoms with E-state index in [0.717, 1.165) is 52.1 Å². The first kappa shape index (κ1) is 14.3. The van der Waals surface area contributed by atoms with Gasteiger partial charge >= 0.3 is 0 Å². The molecule has 0 N–H and O–H groups in total. The second-order valence-corrected chi connectivity index (χ2v) is 5.70. The maximum atomic E-state index is 5.97. The fourth-order valence-corrected chi connectivity index (χ4v) is 2.53. The molecule has 0 amide bonds. The smallest absolute Gasteiger partial charge is 0.0904 e. The van der Waals surface area contributed by atoms with Crippen LogP contribution >= 0.6 is 23.2 Å². The van der Waals surface area contributed by atoms with Gasteiger partial charge in [-0.2, -0.15) is 0 Å². The fourth-order valence-electron chi connectivity index (χ4n) is 2.27. The van der Waals surface area contributed by atoms with Crippen molar-refractivity contribution in [3.63, 3.8) is 0 Å². The van der Waals surface area contributed by atoms with Crippen LogP contribution in [0.5, 0.6) is 0 Å². The van der Waals surface area contributed by atoms with E-state index in [9.17, 15) is 0 Å². The van der Waals surface area contributed by atoms with Crippen molar-refractivity contribution in [1.29, 1.82) is 0 Å². The van der Waals surface area contributed by atoms with E-state index in [2.05, 4.69) is 0 Å². The molecule has 0 bridgehead atoms. The van der Waals surface area contributed by atoms with Crippen molar-refractivity contribution < 1.29 is 0 Å². The second-order valence-electron chi connectivity index (χ2n) is 4.83. The number of aliphatic imine (C=N–C) groups is 2. The van der Waals surface area contributed by atoms with Gasteiger partial charge in [0, 0.05) is 34.3 Å². The molecule has 4 heteroatoms. The summed E-state index contributed by atoms with van der Waals surface area (Å²) in [5, 5.41) is 1.44. The van der Waals surface area contributed by atoms with Crippen molar-refractivity contribution in [2.75, 3.05) is 13.1 Å². The zero-order chi connectivity index (χ0) is 14.7. The lowest BCUT2D eigenvalue weighted by Gasteiger charge is -2.10. The summed E-state index contributed by atoms with van der Waals surface area (Å²) in [4.78, 5) is 9.43. The molecule has 0 fully saturated rings. The third-order valence-electron chi connectivity index (χ3n) is 3.32. The van der Waals surface area contributed by atoms with Crippen LogP contribution in [0, 0.1) is 0 Å². The summed E-state index contributed by atoms with van der Waals surface area (Å²) in [6.45, 7) is 1.58. The molecule has 21 heavy (non-hydrogen) atoms. The minimum atomic E-state index is 0.720. The third-order valence-corrected chi connectivity index (χ3v) is 3.82. The van der Waals surface area contributed by atoms with E-state index in [-0.39, 0.29) is 0 Å². The topological polar surface area (TPSA) is 24.7 Å². The molecule has 2 nitrogen and oxygen atoms in total. The van der Waals surface area contributed by atoms with Crippen molar-refractivity contribution in [2.45, 2.75) is 6.42 Å². The van der Waals surface area contributed by atoms with Crippen LogP contribution in [0.25, 0.3) is 0 Å². The van der Waals surface area contributed by atoms with Gasteiger partial charge in [-0.05, 0) is 30.7 Å². The van der Waals surface area contributed by atoms with Gasteiger partial charge in [0.1, 0.15) is 0 Å². The van der Waals surface area contributed by atoms with E-state index in [1.807, 2.05) is 48.5 Å². The van der Waals surface area contributed by atoms with Crippen LogP contribution in [-0.4, -0.2) is 24.5 Å². The van der Waals surface area contributed by atoms with Gasteiger partial charge in [-0.3, -0.25) is 9.98 Å². The highest BCUT2D eigenvalue weighted by Gasteiger charge is 2.15. The van der Waals surface area contributed by atoms with Crippen LogP contribution in [0.15, 0.2) is 58.5 Å². The Bertz CT molecular complexity index is 624. The van der Waals surface area contributed by atoms with Crippen molar-refractivity contribution in [3.05, 3.63) is 69.7 Å². The molecule has 2 aromatic rings. The van der Waals surface area contributed by atoms with Gasteiger partial charge < -0.3 is 0 Å². The normalized spacial score (nSPS) is 15.1. The summed E-state index contributed by atoms with van der Waals surface area (Å²) in [7, 11) is 0. The van der Waals surface area contributed by atoms with Crippen molar-refractivity contribution in [3.8, 4) is 0 Å². The molecule has 106 valence electrons. The summed E-state index contributed by atoms with van der Waals surface area (Å²) in [5.74, 6) is 0. The molecule has 3 rings (SSSR count). The Morgan fingerprint density at radius 2 is 1.00 bits per heavy atom. The Balaban J connectivity index is 2.05. The van der Waals surface area contributed by atoms with E-state index in [4.69, 9.17) is 33.2 Å². The molecule has 0 saturated heterocycles. The monoisotopic (exact) mass is 316 g/mol. The van der Waals surface area contributed by atoms with Gasteiger partial charge in [-0.1, -0.05) is 47.5 Å². The number of hydrogen-bond acceptors (Lipinski definition) is 2. The fraction of sp³-hybridized carbons (Fsp3) is 0.176. The Hall–Kier alpha value is -1.64. The molecule has 2 aromatic carbocycles. The molecule has 0 saturated carbocycles. The molecular formula is C17H14Cl2N2. The number of benzene rings is 2. The minimum absolute atomic E-state index is 0.720. The summed E-state index contributed by atoms with van der Waals surface area (Å²) in [6.07, 6.45) is 0.966. The number of nitrogens with zero attached hydrogens (tertiary/aromatic N) is 2. The predicted octanol–water partition coefficient (Wildman–Crippen LogP) is 4.68. The van der Waals surface area contributed by atoms with Gasteiger partial charge in [0.05, 0.1) is 11.4 Å². The first-order chi connectivity index (χ1) is 10.2. The van der Waals surface area contributed by atoms with Gasteiger partial charge in [0.2, 0.25) is 0 Å². The standard InChI is InChI=1S/C17H14Cl2N2/c18-14-6-2-12(3-7-14)16-17(21-11-1-10-20-16)13-4-8-15(19)9-5-13/h2-9H,1,10-11H2.